The Labute approximate surface area is 122 Å². The average molecular weight is 315 g/mol. The van der Waals surface area contributed by atoms with Crippen molar-refractivity contribution in [2.24, 2.45) is 0 Å². The van der Waals surface area contributed by atoms with E-state index in [2.05, 4.69) is 15.0 Å². The summed E-state index contributed by atoms with van der Waals surface area (Å²) < 4.78 is 32.9. The lowest BCUT2D eigenvalue weighted by molar-refractivity contribution is 0.493. The topological polar surface area (TPSA) is 84.2 Å². The Bertz CT molecular complexity index is 675. The van der Waals surface area contributed by atoms with Crippen LogP contribution in [0, 0.1) is 13.8 Å². The van der Waals surface area contributed by atoms with Crippen LogP contribution in [-0.2, 0) is 16.6 Å². The van der Waals surface area contributed by atoms with Crippen molar-refractivity contribution in [2.75, 3.05) is 11.3 Å². The summed E-state index contributed by atoms with van der Waals surface area (Å²) in [5, 5.41) is 5.18. The zero-order chi connectivity index (χ0) is 14.8. The molecular formula is C12H17N3O3S2. The van der Waals surface area contributed by atoms with Gasteiger partial charge in [-0.25, -0.2) is 13.4 Å². The molecule has 0 aliphatic carbocycles. The number of sulfonamides is 1. The number of hydrogen-bond donors (Lipinski definition) is 2. The average Bonchev–Trinajstić information content (AvgIpc) is 2.94. The molecule has 2 rings (SSSR count). The van der Waals surface area contributed by atoms with E-state index in [0.717, 1.165) is 6.54 Å². The van der Waals surface area contributed by atoms with Crippen molar-refractivity contribution in [3.05, 3.63) is 28.7 Å². The van der Waals surface area contributed by atoms with Gasteiger partial charge in [0.25, 0.3) is 10.0 Å². The number of rotatable bonds is 6. The molecule has 6 nitrogen and oxygen atoms in total. The fraction of sp³-hybridized carbons (Fsp3) is 0.417. The number of aryl methyl sites for hydroxylation is 2. The van der Waals surface area contributed by atoms with Gasteiger partial charge >= 0.3 is 0 Å². The summed E-state index contributed by atoms with van der Waals surface area (Å²) in [6.45, 7) is 6.59. The first-order chi connectivity index (χ1) is 9.45. The van der Waals surface area contributed by atoms with Crippen molar-refractivity contribution in [3.63, 3.8) is 0 Å². The van der Waals surface area contributed by atoms with E-state index in [-0.39, 0.29) is 4.90 Å². The van der Waals surface area contributed by atoms with Gasteiger partial charge in [0.1, 0.15) is 16.4 Å². The summed E-state index contributed by atoms with van der Waals surface area (Å²) in [5.74, 6) is 1.00. The van der Waals surface area contributed by atoms with Crippen LogP contribution in [0.4, 0.5) is 5.13 Å². The lowest BCUT2D eigenvalue weighted by Gasteiger charge is -2.07. The molecule has 8 heteroatoms. The highest BCUT2D eigenvalue weighted by molar-refractivity contribution is 7.93. The third-order valence-electron chi connectivity index (χ3n) is 2.80. The summed E-state index contributed by atoms with van der Waals surface area (Å²) in [4.78, 5) is 4.14. The Morgan fingerprint density at radius 1 is 1.35 bits per heavy atom. The SMILES string of the molecule is CCNCc1c(C)oc(C)c1S(=O)(=O)Nc1nccs1. The van der Waals surface area contributed by atoms with Crippen molar-refractivity contribution in [2.45, 2.75) is 32.2 Å². The minimum absolute atomic E-state index is 0.200. The first kappa shape index (κ1) is 15.0. The van der Waals surface area contributed by atoms with Crippen molar-refractivity contribution < 1.29 is 12.8 Å². The quantitative estimate of drug-likeness (QED) is 0.854. The highest BCUT2D eigenvalue weighted by atomic mass is 32.2. The Morgan fingerprint density at radius 2 is 2.10 bits per heavy atom. The highest BCUT2D eigenvalue weighted by Crippen LogP contribution is 2.28. The number of hydrogen-bond acceptors (Lipinski definition) is 6. The van der Waals surface area contributed by atoms with Crippen LogP contribution < -0.4 is 10.0 Å². The molecule has 0 fully saturated rings. The summed E-state index contributed by atoms with van der Waals surface area (Å²) in [6, 6.07) is 0. The van der Waals surface area contributed by atoms with Gasteiger partial charge in [0.15, 0.2) is 5.13 Å². The third kappa shape index (κ3) is 3.02. The van der Waals surface area contributed by atoms with Gasteiger partial charge in [-0.05, 0) is 20.4 Å². The zero-order valence-corrected chi connectivity index (χ0v) is 13.2. The smallest absolute Gasteiger partial charge is 0.267 e. The summed E-state index contributed by atoms with van der Waals surface area (Å²) in [7, 11) is -3.69. The van der Waals surface area contributed by atoms with E-state index in [1.165, 1.54) is 11.3 Å². The van der Waals surface area contributed by atoms with E-state index in [0.29, 0.717) is 28.8 Å². The minimum Gasteiger partial charge on any atom is -0.465 e. The van der Waals surface area contributed by atoms with E-state index < -0.39 is 10.0 Å². The Balaban J connectivity index is 2.40. The molecule has 0 aliphatic heterocycles. The molecule has 20 heavy (non-hydrogen) atoms. The molecule has 0 bridgehead atoms. The molecule has 0 spiro atoms. The van der Waals surface area contributed by atoms with Gasteiger partial charge in [-0.1, -0.05) is 6.92 Å². The van der Waals surface area contributed by atoms with E-state index in [1.54, 1.807) is 25.4 Å². The number of nitrogens with one attached hydrogen (secondary N) is 2. The molecule has 2 aromatic rings. The number of anilines is 1. The molecule has 0 radical (unpaired) electrons. The van der Waals surface area contributed by atoms with Crippen LogP contribution in [0.15, 0.2) is 20.9 Å². The maximum absolute atomic E-state index is 12.5. The Morgan fingerprint density at radius 3 is 2.70 bits per heavy atom. The Kier molecular flexibility index (Phi) is 4.46. The maximum atomic E-state index is 12.5. The zero-order valence-electron chi connectivity index (χ0n) is 11.6. The van der Waals surface area contributed by atoms with Gasteiger partial charge in [0, 0.05) is 23.7 Å². The van der Waals surface area contributed by atoms with Crippen LogP contribution in [0.2, 0.25) is 0 Å². The van der Waals surface area contributed by atoms with E-state index >= 15 is 0 Å². The summed E-state index contributed by atoms with van der Waals surface area (Å²) in [5.41, 5.74) is 0.661. The molecule has 0 saturated carbocycles. The second-order valence-corrected chi connectivity index (χ2v) is 6.76. The molecule has 0 atom stereocenters. The first-order valence-electron chi connectivity index (χ1n) is 6.17. The molecular weight excluding hydrogens is 298 g/mol. The second-order valence-electron chi connectivity index (χ2n) is 4.25. The van der Waals surface area contributed by atoms with E-state index in [1.807, 2.05) is 6.92 Å². The normalized spacial score (nSPS) is 11.8. The van der Waals surface area contributed by atoms with Crippen LogP contribution in [0.1, 0.15) is 24.0 Å². The van der Waals surface area contributed by atoms with Crippen molar-refractivity contribution in [3.8, 4) is 0 Å². The molecule has 0 aromatic carbocycles. The number of thiazole rings is 1. The van der Waals surface area contributed by atoms with Gasteiger partial charge < -0.3 is 9.73 Å². The first-order valence-corrected chi connectivity index (χ1v) is 8.54. The predicted molar refractivity (Wildman–Crippen MR) is 78.5 cm³/mol. The monoisotopic (exact) mass is 315 g/mol. The summed E-state index contributed by atoms with van der Waals surface area (Å²) >= 11 is 1.23. The highest BCUT2D eigenvalue weighted by Gasteiger charge is 2.27. The van der Waals surface area contributed by atoms with E-state index in [9.17, 15) is 8.42 Å². The second kappa shape index (κ2) is 5.94. The molecule has 110 valence electrons. The van der Waals surface area contributed by atoms with Gasteiger partial charge in [0.05, 0.1) is 0 Å². The fourth-order valence-electron chi connectivity index (χ4n) is 1.96. The van der Waals surface area contributed by atoms with E-state index in [4.69, 9.17) is 4.42 Å². The molecule has 0 aliphatic rings. The van der Waals surface area contributed by atoms with Crippen molar-refractivity contribution >= 4 is 26.5 Å². The fourth-order valence-corrected chi connectivity index (χ4v) is 4.19. The lowest BCUT2D eigenvalue weighted by atomic mass is 10.2. The molecule has 2 heterocycles. The van der Waals surface area contributed by atoms with Gasteiger partial charge in [-0.3, -0.25) is 4.72 Å². The number of aromatic nitrogens is 1. The van der Waals surface area contributed by atoms with Gasteiger partial charge in [0.2, 0.25) is 0 Å². The minimum atomic E-state index is -3.69. The molecule has 2 N–H and O–H groups in total. The molecule has 0 saturated heterocycles. The van der Waals surface area contributed by atoms with Crippen LogP contribution in [-0.4, -0.2) is 19.9 Å². The summed E-state index contributed by atoms with van der Waals surface area (Å²) in [6.07, 6.45) is 1.55. The van der Waals surface area contributed by atoms with Gasteiger partial charge in [-0.2, -0.15) is 0 Å². The standard InChI is InChI=1S/C12H17N3O3S2/c1-4-13-7-10-8(2)18-9(3)11(10)20(16,17)15-12-14-5-6-19-12/h5-6,13H,4,7H2,1-3H3,(H,14,15). The molecule has 0 amide bonds. The maximum Gasteiger partial charge on any atom is 0.267 e. The largest absolute Gasteiger partial charge is 0.465 e. The number of nitrogens with zero attached hydrogens (tertiary/aromatic N) is 1. The Hall–Kier alpha value is -1.38. The lowest BCUT2D eigenvalue weighted by Crippen LogP contribution is -2.18. The van der Waals surface area contributed by atoms with Crippen molar-refractivity contribution in [1.82, 2.24) is 10.3 Å². The third-order valence-corrected chi connectivity index (χ3v) is 5.15. The van der Waals surface area contributed by atoms with Crippen molar-refractivity contribution in [1.29, 1.82) is 0 Å². The van der Waals surface area contributed by atoms with Crippen LogP contribution >= 0.6 is 11.3 Å². The predicted octanol–water partition coefficient (Wildman–Crippen LogP) is 2.26. The van der Waals surface area contributed by atoms with Crippen LogP contribution in [0.5, 0.6) is 0 Å². The van der Waals surface area contributed by atoms with Crippen LogP contribution in [0.3, 0.4) is 0 Å². The molecule has 2 aromatic heterocycles. The molecule has 0 unspecified atom stereocenters. The number of furan rings is 1. The van der Waals surface area contributed by atoms with Crippen LogP contribution in [0.25, 0.3) is 0 Å². The van der Waals surface area contributed by atoms with Gasteiger partial charge in [-0.15, -0.1) is 11.3 Å².